The third kappa shape index (κ3) is 2.79. The summed E-state index contributed by atoms with van der Waals surface area (Å²) in [7, 11) is 0. The van der Waals surface area contributed by atoms with Crippen molar-refractivity contribution in [2.75, 3.05) is 0 Å². The van der Waals surface area contributed by atoms with E-state index in [0.29, 0.717) is 5.39 Å². The van der Waals surface area contributed by atoms with Crippen molar-refractivity contribution in [3.05, 3.63) is 114 Å². The molecule has 0 amide bonds. The Balaban J connectivity index is 1.73. The Kier molecular flexibility index (Phi) is 4.26. The van der Waals surface area contributed by atoms with Crippen LogP contribution in [0.1, 0.15) is 30.5 Å². The molecule has 0 unspecified atom stereocenters. The van der Waals surface area contributed by atoms with Crippen LogP contribution in [0.5, 0.6) is 0 Å². The van der Waals surface area contributed by atoms with Crippen LogP contribution in [-0.4, -0.2) is 6.71 Å². The molecule has 0 spiro atoms. The Bertz CT molecular complexity index is 1800. The molecular weight excluding hydrogens is 452 g/mol. The Hall–Kier alpha value is -3.79. The largest absolute Gasteiger partial charge is 0.417 e. The van der Waals surface area contributed by atoms with Crippen LogP contribution >= 0.6 is 0 Å². The second kappa shape index (κ2) is 7.13. The average molecular weight is 474 g/mol. The molecule has 1 heterocycles. The van der Waals surface area contributed by atoms with Crippen LogP contribution in [0.25, 0.3) is 32.3 Å². The normalized spacial score (nSPS) is 15.0. The van der Waals surface area contributed by atoms with Gasteiger partial charge in [0.1, 0.15) is 0 Å². The minimum atomic E-state index is -4.41. The summed E-state index contributed by atoms with van der Waals surface area (Å²) in [4.78, 5) is 0. The number of rotatable bonds is 1. The summed E-state index contributed by atoms with van der Waals surface area (Å²) < 4.78 is 42.1. The minimum absolute atomic E-state index is 0.0189. The molecule has 7 rings (SSSR count). The highest BCUT2D eigenvalue weighted by molar-refractivity contribution is 6.97. The molecular formula is C32H22BF3. The van der Waals surface area contributed by atoms with E-state index in [9.17, 15) is 13.2 Å². The third-order valence-electron chi connectivity index (χ3n) is 8.16. The molecule has 0 aliphatic carbocycles. The standard InChI is InChI=1S/C32H22BF3/c1-31(2)24-10-6-7-11-26(24)33(21-8-4-3-5-9-21)27-17-14-19-12-15-22-23(32(34,35)36)16-13-20-18-25(31)30(27)29(19)28(20)22/h3-18H,1-2H3. The van der Waals surface area contributed by atoms with E-state index >= 15 is 0 Å². The fourth-order valence-corrected chi connectivity index (χ4v) is 6.56. The summed E-state index contributed by atoms with van der Waals surface area (Å²) in [5, 5.41) is 4.82. The van der Waals surface area contributed by atoms with E-state index in [-0.39, 0.29) is 17.5 Å². The summed E-state index contributed by atoms with van der Waals surface area (Å²) >= 11 is 0. The van der Waals surface area contributed by atoms with Gasteiger partial charge in [0.2, 0.25) is 6.71 Å². The van der Waals surface area contributed by atoms with Crippen molar-refractivity contribution in [1.29, 1.82) is 0 Å². The van der Waals surface area contributed by atoms with Gasteiger partial charge in [0.25, 0.3) is 0 Å². The number of benzene rings is 6. The SMILES string of the molecule is CC1(C)c2ccccc2B(c2ccccc2)c2ccc3ccc4c(C(F)(F)F)ccc5cc1c2c3c54. The number of fused-ring (bicyclic) bond motifs is 1. The van der Waals surface area contributed by atoms with Crippen molar-refractivity contribution >= 4 is 55.4 Å². The molecule has 1 aliphatic heterocycles. The Morgan fingerprint density at radius 1 is 0.611 bits per heavy atom. The van der Waals surface area contributed by atoms with Gasteiger partial charge in [-0.3, -0.25) is 0 Å². The van der Waals surface area contributed by atoms with Crippen LogP contribution < -0.4 is 16.4 Å². The smallest absolute Gasteiger partial charge is 0.166 e. The van der Waals surface area contributed by atoms with Gasteiger partial charge in [-0.15, -0.1) is 0 Å². The molecule has 6 aromatic rings. The first-order chi connectivity index (χ1) is 17.3. The molecule has 36 heavy (non-hydrogen) atoms. The summed E-state index contributed by atoms with van der Waals surface area (Å²) in [5.41, 5.74) is 5.06. The van der Waals surface area contributed by atoms with Crippen LogP contribution in [0.3, 0.4) is 0 Å². The quantitative estimate of drug-likeness (QED) is 0.183. The fourth-order valence-electron chi connectivity index (χ4n) is 6.56. The number of halogens is 3. The molecule has 0 N–H and O–H groups in total. The molecule has 0 fully saturated rings. The van der Waals surface area contributed by atoms with E-state index < -0.39 is 11.7 Å². The van der Waals surface area contributed by atoms with E-state index in [1.165, 1.54) is 22.6 Å². The van der Waals surface area contributed by atoms with E-state index in [1.807, 2.05) is 12.1 Å². The van der Waals surface area contributed by atoms with Crippen molar-refractivity contribution in [3.63, 3.8) is 0 Å². The first-order valence-electron chi connectivity index (χ1n) is 12.2. The van der Waals surface area contributed by atoms with Gasteiger partial charge in [-0.05, 0) is 55.6 Å². The first-order valence-corrected chi connectivity index (χ1v) is 12.2. The molecule has 174 valence electrons. The van der Waals surface area contributed by atoms with Crippen molar-refractivity contribution in [3.8, 4) is 0 Å². The highest BCUT2D eigenvalue weighted by atomic mass is 19.4. The van der Waals surface area contributed by atoms with E-state index in [0.717, 1.165) is 32.6 Å². The first kappa shape index (κ1) is 21.5. The monoisotopic (exact) mass is 474 g/mol. The maximum atomic E-state index is 14.0. The van der Waals surface area contributed by atoms with Crippen molar-refractivity contribution < 1.29 is 13.2 Å². The number of hydrogen-bond donors (Lipinski definition) is 0. The Morgan fingerprint density at radius 3 is 2.08 bits per heavy atom. The Morgan fingerprint density at radius 2 is 1.31 bits per heavy atom. The van der Waals surface area contributed by atoms with Gasteiger partial charge in [-0.2, -0.15) is 13.2 Å². The van der Waals surface area contributed by atoms with Crippen LogP contribution in [0, 0.1) is 0 Å². The molecule has 0 saturated heterocycles. The molecule has 4 heteroatoms. The predicted molar refractivity (Wildman–Crippen MR) is 145 cm³/mol. The lowest BCUT2D eigenvalue weighted by Crippen LogP contribution is -2.53. The van der Waals surface area contributed by atoms with Gasteiger partial charge in [0, 0.05) is 5.41 Å². The highest BCUT2D eigenvalue weighted by Gasteiger charge is 2.39. The maximum absolute atomic E-state index is 14.0. The van der Waals surface area contributed by atoms with Crippen LogP contribution in [-0.2, 0) is 11.6 Å². The fraction of sp³-hybridized carbons (Fsp3) is 0.125. The van der Waals surface area contributed by atoms with Gasteiger partial charge >= 0.3 is 6.18 Å². The molecule has 0 saturated carbocycles. The van der Waals surface area contributed by atoms with E-state index in [2.05, 4.69) is 80.6 Å². The van der Waals surface area contributed by atoms with Crippen molar-refractivity contribution in [2.24, 2.45) is 0 Å². The highest BCUT2D eigenvalue weighted by Crippen LogP contribution is 2.46. The summed E-state index contributed by atoms with van der Waals surface area (Å²) in [6.45, 7) is 4.46. The van der Waals surface area contributed by atoms with Gasteiger partial charge in [0.15, 0.2) is 0 Å². The minimum Gasteiger partial charge on any atom is -0.166 e. The predicted octanol–water partition coefficient (Wildman–Crippen LogP) is 6.76. The van der Waals surface area contributed by atoms with E-state index in [1.54, 1.807) is 12.1 Å². The molecule has 0 aromatic heterocycles. The lowest BCUT2D eigenvalue weighted by Gasteiger charge is -2.29. The molecule has 0 nitrogen and oxygen atoms in total. The van der Waals surface area contributed by atoms with Gasteiger partial charge in [0.05, 0.1) is 5.56 Å². The average Bonchev–Trinajstić information content (AvgIpc) is 2.95. The molecule has 0 radical (unpaired) electrons. The lowest BCUT2D eigenvalue weighted by molar-refractivity contribution is -0.136. The van der Waals surface area contributed by atoms with Crippen LogP contribution in [0.2, 0.25) is 0 Å². The van der Waals surface area contributed by atoms with Crippen LogP contribution in [0.15, 0.2) is 97.1 Å². The molecule has 0 atom stereocenters. The molecule has 0 bridgehead atoms. The molecule has 1 aliphatic rings. The van der Waals surface area contributed by atoms with Gasteiger partial charge in [-0.1, -0.05) is 115 Å². The molecule has 6 aromatic carbocycles. The third-order valence-corrected chi connectivity index (χ3v) is 8.16. The second-order valence-electron chi connectivity index (χ2n) is 10.4. The number of hydrogen-bond acceptors (Lipinski definition) is 0. The zero-order chi connectivity index (χ0) is 24.8. The topological polar surface area (TPSA) is 0 Å². The number of alkyl halides is 3. The van der Waals surface area contributed by atoms with Crippen LogP contribution in [0.4, 0.5) is 13.2 Å². The lowest BCUT2D eigenvalue weighted by atomic mass is 9.36. The summed E-state index contributed by atoms with van der Waals surface area (Å²) in [6, 6.07) is 31.8. The van der Waals surface area contributed by atoms with E-state index in [4.69, 9.17) is 0 Å². The second-order valence-corrected chi connectivity index (χ2v) is 10.4. The zero-order valence-electron chi connectivity index (χ0n) is 19.9. The van der Waals surface area contributed by atoms with Crippen molar-refractivity contribution in [1.82, 2.24) is 0 Å². The Labute approximate surface area is 207 Å². The van der Waals surface area contributed by atoms with Gasteiger partial charge < -0.3 is 0 Å². The zero-order valence-corrected chi connectivity index (χ0v) is 19.9. The van der Waals surface area contributed by atoms with Crippen molar-refractivity contribution in [2.45, 2.75) is 25.4 Å². The maximum Gasteiger partial charge on any atom is 0.417 e. The summed E-state index contributed by atoms with van der Waals surface area (Å²) in [5.74, 6) is 0. The summed E-state index contributed by atoms with van der Waals surface area (Å²) in [6.07, 6.45) is -4.41. The van der Waals surface area contributed by atoms with Gasteiger partial charge in [-0.25, -0.2) is 0 Å².